The summed E-state index contributed by atoms with van der Waals surface area (Å²) in [6, 6.07) is 14.2. The molecule has 0 aliphatic carbocycles. The maximum absolute atomic E-state index is 12.3. The van der Waals surface area contributed by atoms with E-state index in [1.54, 1.807) is 11.8 Å². The van der Waals surface area contributed by atoms with Gasteiger partial charge in [-0.3, -0.25) is 9.10 Å². The number of hydrogen-bond acceptors (Lipinski definition) is 4. The fraction of sp³-hybridized carbons (Fsp3) is 0.435. The molecule has 0 aliphatic heterocycles. The lowest BCUT2D eigenvalue weighted by Gasteiger charge is -2.24. The first-order chi connectivity index (χ1) is 14.2. The number of carbonyl (C=O) groups excluding carboxylic acids is 1. The van der Waals surface area contributed by atoms with Crippen molar-refractivity contribution in [3.63, 3.8) is 0 Å². The van der Waals surface area contributed by atoms with E-state index < -0.39 is 10.0 Å². The largest absolute Gasteiger partial charge is 0.355 e. The van der Waals surface area contributed by atoms with Gasteiger partial charge in [0.2, 0.25) is 15.9 Å². The highest BCUT2D eigenvalue weighted by molar-refractivity contribution is 7.98. The summed E-state index contributed by atoms with van der Waals surface area (Å²) in [6.07, 6.45) is 1.99. The highest BCUT2D eigenvalue weighted by Gasteiger charge is 2.19. The van der Waals surface area contributed by atoms with E-state index in [0.29, 0.717) is 31.6 Å². The molecule has 0 heterocycles. The van der Waals surface area contributed by atoms with Gasteiger partial charge in [0.25, 0.3) is 0 Å². The fourth-order valence-corrected chi connectivity index (χ4v) is 5.00. The number of anilines is 1. The maximum Gasteiger partial charge on any atom is 0.232 e. The Morgan fingerprint density at radius 1 is 1.07 bits per heavy atom. The van der Waals surface area contributed by atoms with Crippen molar-refractivity contribution in [1.29, 1.82) is 0 Å². The highest BCUT2D eigenvalue weighted by atomic mass is 32.2. The van der Waals surface area contributed by atoms with Crippen LogP contribution in [0.1, 0.15) is 35.1 Å². The summed E-state index contributed by atoms with van der Waals surface area (Å²) in [5, 5.41) is 2.93. The van der Waals surface area contributed by atoms with Gasteiger partial charge in [0, 0.05) is 31.0 Å². The maximum atomic E-state index is 12.3. The minimum absolute atomic E-state index is 0.0411. The Hall–Kier alpha value is -1.99. The van der Waals surface area contributed by atoms with Gasteiger partial charge in [-0.2, -0.15) is 11.8 Å². The monoisotopic (exact) mass is 448 g/mol. The second-order valence-electron chi connectivity index (χ2n) is 7.62. The molecule has 0 saturated heterocycles. The molecule has 0 atom stereocenters. The Bertz CT molecular complexity index is 959. The highest BCUT2D eigenvalue weighted by Crippen LogP contribution is 2.24. The molecule has 0 unspecified atom stereocenters. The zero-order valence-corrected chi connectivity index (χ0v) is 19.9. The number of nitrogens with zero attached hydrogens (tertiary/aromatic N) is 1. The molecule has 0 saturated carbocycles. The second-order valence-corrected chi connectivity index (χ2v) is 10.6. The van der Waals surface area contributed by atoms with Crippen LogP contribution < -0.4 is 9.62 Å². The molecule has 2 rings (SSSR count). The molecule has 0 radical (unpaired) electrons. The number of carbonyl (C=O) groups is 1. The van der Waals surface area contributed by atoms with Crippen molar-refractivity contribution in [2.45, 2.75) is 39.4 Å². The van der Waals surface area contributed by atoms with Crippen molar-refractivity contribution < 1.29 is 13.2 Å². The van der Waals surface area contributed by atoms with E-state index in [1.165, 1.54) is 21.7 Å². The minimum Gasteiger partial charge on any atom is -0.355 e. The summed E-state index contributed by atoms with van der Waals surface area (Å²) in [5.74, 6) is 1.73. The molecule has 0 aliphatic rings. The first-order valence-corrected chi connectivity index (χ1v) is 13.1. The first kappa shape index (κ1) is 24.3. The van der Waals surface area contributed by atoms with Crippen molar-refractivity contribution in [3.05, 3.63) is 64.7 Å². The molecule has 30 heavy (non-hydrogen) atoms. The van der Waals surface area contributed by atoms with Crippen LogP contribution in [0, 0.1) is 20.8 Å². The van der Waals surface area contributed by atoms with Gasteiger partial charge in [-0.15, -0.1) is 0 Å². The van der Waals surface area contributed by atoms with Crippen LogP contribution in [0.4, 0.5) is 5.69 Å². The quantitative estimate of drug-likeness (QED) is 0.523. The molecule has 0 spiro atoms. The Morgan fingerprint density at radius 2 is 1.80 bits per heavy atom. The zero-order valence-electron chi connectivity index (χ0n) is 18.3. The summed E-state index contributed by atoms with van der Waals surface area (Å²) in [6.45, 7) is 6.82. The number of hydrogen-bond donors (Lipinski definition) is 1. The van der Waals surface area contributed by atoms with Gasteiger partial charge in [-0.1, -0.05) is 42.0 Å². The van der Waals surface area contributed by atoms with Gasteiger partial charge >= 0.3 is 0 Å². The van der Waals surface area contributed by atoms with Gasteiger partial charge in [0.1, 0.15) is 0 Å². The zero-order chi connectivity index (χ0) is 22.1. The van der Waals surface area contributed by atoms with E-state index in [-0.39, 0.29) is 5.91 Å². The Kier molecular flexibility index (Phi) is 9.24. The van der Waals surface area contributed by atoms with Crippen molar-refractivity contribution in [1.82, 2.24) is 5.32 Å². The first-order valence-electron chi connectivity index (χ1n) is 10.1. The molecular weight excluding hydrogens is 416 g/mol. The van der Waals surface area contributed by atoms with Crippen LogP contribution in [0.25, 0.3) is 0 Å². The van der Waals surface area contributed by atoms with Crippen LogP contribution in [0.3, 0.4) is 0 Å². The predicted molar refractivity (Wildman–Crippen MR) is 128 cm³/mol. The minimum atomic E-state index is -3.41. The molecule has 5 nitrogen and oxygen atoms in total. The molecule has 1 N–H and O–H groups in total. The van der Waals surface area contributed by atoms with Gasteiger partial charge in [0.15, 0.2) is 0 Å². The summed E-state index contributed by atoms with van der Waals surface area (Å²) >= 11 is 1.79. The standard InChI is InChI=1S/C23H32N2O3S2/c1-18-7-5-8-21(15-18)17-29-14-12-24-23(26)9-6-13-25(30(4,27)28)22-16-19(2)10-11-20(22)3/h5,7-8,10-11,15-16H,6,9,12-14,17H2,1-4H3,(H,24,26). The van der Waals surface area contributed by atoms with Crippen molar-refractivity contribution in [2.24, 2.45) is 0 Å². The molecule has 1 amide bonds. The third kappa shape index (κ3) is 8.03. The van der Waals surface area contributed by atoms with Gasteiger partial charge in [0.05, 0.1) is 11.9 Å². The molecule has 164 valence electrons. The average molecular weight is 449 g/mol. The fourth-order valence-electron chi connectivity index (χ4n) is 3.18. The summed E-state index contributed by atoms with van der Waals surface area (Å²) in [7, 11) is -3.41. The van der Waals surface area contributed by atoms with E-state index in [1.807, 2.05) is 32.0 Å². The third-order valence-corrected chi connectivity index (χ3v) is 6.93. The topological polar surface area (TPSA) is 66.5 Å². The van der Waals surface area contributed by atoms with Crippen LogP contribution in [0.5, 0.6) is 0 Å². The molecule has 0 aromatic heterocycles. The number of benzene rings is 2. The van der Waals surface area contributed by atoms with Crippen LogP contribution in [-0.2, 0) is 20.6 Å². The van der Waals surface area contributed by atoms with Crippen LogP contribution in [0.2, 0.25) is 0 Å². The lowest BCUT2D eigenvalue weighted by atomic mass is 10.1. The van der Waals surface area contributed by atoms with Gasteiger partial charge < -0.3 is 5.32 Å². The Morgan fingerprint density at radius 3 is 2.50 bits per heavy atom. The Balaban J connectivity index is 1.74. The summed E-state index contributed by atoms with van der Waals surface area (Å²) in [5.41, 5.74) is 5.14. The molecular formula is C23H32N2O3S2. The van der Waals surface area contributed by atoms with Crippen LogP contribution in [-0.4, -0.2) is 39.4 Å². The lowest BCUT2D eigenvalue weighted by Crippen LogP contribution is -2.33. The van der Waals surface area contributed by atoms with E-state index in [0.717, 1.165) is 22.6 Å². The number of thioether (sulfide) groups is 1. The van der Waals surface area contributed by atoms with Crippen molar-refractivity contribution >= 4 is 33.4 Å². The van der Waals surface area contributed by atoms with Gasteiger partial charge in [-0.05, 0) is 49.9 Å². The predicted octanol–water partition coefficient (Wildman–Crippen LogP) is 4.21. The smallest absolute Gasteiger partial charge is 0.232 e. The van der Waals surface area contributed by atoms with Crippen LogP contribution >= 0.6 is 11.8 Å². The van der Waals surface area contributed by atoms with Crippen molar-refractivity contribution in [3.8, 4) is 0 Å². The Labute approximate surface area is 185 Å². The van der Waals surface area contributed by atoms with Crippen LogP contribution in [0.15, 0.2) is 42.5 Å². The third-order valence-electron chi connectivity index (χ3n) is 4.72. The second kappa shape index (κ2) is 11.4. The summed E-state index contributed by atoms with van der Waals surface area (Å²) in [4.78, 5) is 12.1. The molecule has 2 aromatic rings. The number of sulfonamides is 1. The molecule has 0 bridgehead atoms. The number of aryl methyl sites for hydroxylation is 3. The lowest BCUT2D eigenvalue weighted by molar-refractivity contribution is -0.121. The van der Waals surface area contributed by atoms with E-state index >= 15 is 0 Å². The van der Waals surface area contributed by atoms with E-state index in [4.69, 9.17) is 0 Å². The number of rotatable bonds is 11. The molecule has 0 fully saturated rings. The molecule has 2 aromatic carbocycles. The SMILES string of the molecule is Cc1cccc(CSCCNC(=O)CCCN(c2cc(C)ccc2C)S(C)(=O)=O)c1. The summed E-state index contributed by atoms with van der Waals surface area (Å²) < 4.78 is 26.0. The number of nitrogens with one attached hydrogen (secondary N) is 1. The normalized spacial score (nSPS) is 11.3. The molecule has 7 heteroatoms. The van der Waals surface area contributed by atoms with Crippen molar-refractivity contribution in [2.75, 3.05) is 29.4 Å². The van der Waals surface area contributed by atoms with E-state index in [2.05, 4.69) is 36.5 Å². The number of amides is 1. The van der Waals surface area contributed by atoms with Gasteiger partial charge in [-0.25, -0.2) is 8.42 Å². The van der Waals surface area contributed by atoms with E-state index in [9.17, 15) is 13.2 Å². The average Bonchev–Trinajstić information content (AvgIpc) is 2.66.